The molecule has 0 aromatic carbocycles. The number of nitrogens with zero attached hydrogens (tertiary/aromatic N) is 1. The lowest BCUT2D eigenvalue weighted by Crippen LogP contribution is -2.48. The Morgan fingerprint density at radius 1 is 1.53 bits per heavy atom. The average Bonchev–Trinajstić information content (AvgIpc) is 2.11. The van der Waals surface area contributed by atoms with Crippen molar-refractivity contribution in [2.24, 2.45) is 0 Å². The van der Waals surface area contributed by atoms with Gasteiger partial charge < -0.3 is 5.32 Å². The van der Waals surface area contributed by atoms with Crippen molar-refractivity contribution in [3.63, 3.8) is 0 Å². The van der Waals surface area contributed by atoms with Crippen LogP contribution in [0, 0.1) is 0 Å². The quantitative estimate of drug-likeness (QED) is 0.859. The SMILES string of the molecule is FC1(F)CC(NCc2ccnc(Br)c2)C1. The Morgan fingerprint density at radius 2 is 2.27 bits per heavy atom. The Bertz CT molecular complexity index is 349. The van der Waals surface area contributed by atoms with Crippen LogP contribution in [-0.2, 0) is 6.54 Å². The van der Waals surface area contributed by atoms with Gasteiger partial charge in [0, 0.05) is 31.6 Å². The molecule has 1 fully saturated rings. The molecule has 1 aliphatic carbocycles. The first kappa shape index (κ1) is 11.0. The number of aromatic nitrogens is 1. The molecule has 0 spiro atoms. The molecular formula is C10H11BrF2N2. The van der Waals surface area contributed by atoms with Gasteiger partial charge in [-0.2, -0.15) is 0 Å². The van der Waals surface area contributed by atoms with Gasteiger partial charge in [0.15, 0.2) is 0 Å². The topological polar surface area (TPSA) is 24.9 Å². The Hall–Kier alpha value is -0.550. The Labute approximate surface area is 95.2 Å². The van der Waals surface area contributed by atoms with Crippen LogP contribution >= 0.6 is 15.9 Å². The van der Waals surface area contributed by atoms with E-state index in [1.165, 1.54) is 0 Å². The van der Waals surface area contributed by atoms with Crippen LogP contribution in [0.15, 0.2) is 22.9 Å². The van der Waals surface area contributed by atoms with E-state index in [-0.39, 0.29) is 18.9 Å². The zero-order chi connectivity index (χ0) is 10.9. The minimum atomic E-state index is -2.45. The fourth-order valence-corrected chi connectivity index (χ4v) is 2.03. The lowest BCUT2D eigenvalue weighted by Gasteiger charge is -2.35. The van der Waals surface area contributed by atoms with Crippen LogP contribution in [0.2, 0.25) is 0 Å². The Morgan fingerprint density at radius 3 is 2.87 bits per heavy atom. The van der Waals surface area contributed by atoms with Gasteiger partial charge in [-0.05, 0) is 33.6 Å². The molecule has 1 aromatic rings. The second-order valence-corrected chi connectivity index (χ2v) is 4.64. The highest BCUT2D eigenvalue weighted by atomic mass is 79.9. The van der Waals surface area contributed by atoms with E-state index < -0.39 is 5.92 Å². The van der Waals surface area contributed by atoms with E-state index in [2.05, 4.69) is 26.2 Å². The second kappa shape index (κ2) is 4.14. The molecule has 0 saturated heterocycles. The molecule has 82 valence electrons. The Balaban J connectivity index is 1.80. The zero-order valence-corrected chi connectivity index (χ0v) is 9.60. The summed E-state index contributed by atoms with van der Waals surface area (Å²) in [6.07, 6.45) is 1.61. The lowest BCUT2D eigenvalue weighted by molar-refractivity contribution is -0.0930. The summed E-state index contributed by atoms with van der Waals surface area (Å²) in [5, 5.41) is 3.09. The molecule has 0 aliphatic heterocycles. The van der Waals surface area contributed by atoms with Gasteiger partial charge >= 0.3 is 0 Å². The lowest BCUT2D eigenvalue weighted by atomic mass is 9.88. The third-order valence-corrected chi connectivity index (χ3v) is 2.91. The van der Waals surface area contributed by atoms with Crippen LogP contribution < -0.4 is 5.32 Å². The van der Waals surface area contributed by atoms with Crippen molar-refractivity contribution in [1.29, 1.82) is 0 Å². The van der Waals surface area contributed by atoms with Crippen LogP contribution in [0.25, 0.3) is 0 Å². The number of alkyl halides is 2. The van der Waals surface area contributed by atoms with E-state index in [1.807, 2.05) is 12.1 Å². The molecule has 1 heterocycles. The molecule has 1 N–H and O–H groups in total. The molecule has 1 aromatic heterocycles. The standard InChI is InChI=1S/C10H11BrF2N2/c11-9-3-7(1-2-14-9)6-15-8-4-10(12,13)5-8/h1-3,8,15H,4-6H2. The molecule has 0 radical (unpaired) electrons. The largest absolute Gasteiger partial charge is 0.309 e. The maximum atomic E-state index is 12.5. The minimum absolute atomic E-state index is 0.0424. The van der Waals surface area contributed by atoms with Crippen molar-refractivity contribution in [2.75, 3.05) is 0 Å². The molecule has 0 unspecified atom stereocenters. The highest BCUT2D eigenvalue weighted by Crippen LogP contribution is 2.37. The first-order chi connectivity index (χ1) is 7.05. The summed E-state index contributed by atoms with van der Waals surface area (Å²) in [5.41, 5.74) is 1.05. The minimum Gasteiger partial charge on any atom is -0.309 e. The summed E-state index contributed by atoms with van der Waals surface area (Å²) >= 11 is 3.26. The van der Waals surface area contributed by atoms with Crippen LogP contribution in [0.5, 0.6) is 0 Å². The predicted molar refractivity (Wildman–Crippen MR) is 56.7 cm³/mol. The van der Waals surface area contributed by atoms with Gasteiger partial charge in [-0.1, -0.05) is 0 Å². The first-order valence-electron chi connectivity index (χ1n) is 4.77. The summed E-state index contributed by atoms with van der Waals surface area (Å²) in [6.45, 7) is 0.613. The third-order valence-electron chi connectivity index (χ3n) is 2.48. The van der Waals surface area contributed by atoms with Crippen LogP contribution in [0.4, 0.5) is 8.78 Å². The fourth-order valence-electron chi connectivity index (χ4n) is 1.62. The first-order valence-corrected chi connectivity index (χ1v) is 5.56. The molecule has 5 heteroatoms. The molecule has 0 bridgehead atoms. The number of hydrogen-bond acceptors (Lipinski definition) is 2. The zero-order valence-electron chi connectivity index (χ0n) is 8.01. The highest BCUT2D eigenvalue weighted by molar-refractivity contribution is 9.10. The van der Waals surface area contributed by atoms with Crippen molar-refractivity contribution in [3.8, 4) is 0 Å². The average molecular weight is 277 g/mol. The van der Waals surface area contributed by atoms with E-state index >= 15 is 0 Å². The molecule has 15 heavy (non-hydrogen) atoms. The van der Waals surface area contributed by atoms with Gasteiger partial charge in [0.25, 0.3) is 5.92 Å². The molecule has 1 saturated carbocycles. The number of nitrogens with one attached hydrogen (secondary N) is 1. The molecule has 2 nitrogen and oxygen atoms in total. The van der Waals surface area contributed by atoms with E-state index in [0.717, 1.165) is 10.2 Å². The van der Waals surface area contributed by atoms with Crippen LogP contribution in [0.3, 0.4) is 0 Å². The number of halogens is 3. The monoisotopic (exact) mass is 276 g/mol. The van der Waals surface area contributed by atoms with Crippen molar-refractivity contribution in [1.82, 2.24) is 10.3 Å². The van der Waals surface area contributed by atoms with Crippen LogP contribution in [-0.4, -0.2) is 16.9 Å². The van der Waals surface area contributed by atoms with Gasteiger partial charge in [-0.3, -0.25) is 0 Å². The molecule has 1 aliphatic rings. The van der Waals surface area contributed by atoms with Gasteiger partial charge in [0.1, 0.15) is 4.60 Å². The van der Waals surface area contributed by atoms with Crippen molar-refractivity contribution >= 4 is 15.9 Å². The predicted octanol–water partition coefficient (Wildman–Crippen LogP) is 2.73. The number of rotatable bonds is 3. The summed E-state index contributed by atoms with van der Waals surface area (Å²) < 4.78 is 25.8. The van der Waals surface area contributed by atoms with Gasteiger partial charge in [0.2, 0.25) is 0 Å². The van der Waals surface area contributed by atoms with Crippen molar-refractivity contribution in [2.45, 2.75) is 31.4 Å². The third kappa shape index (κ3) is 2.95. The number of hydrogen-bond donors (Lipinski definition) is 1. The van der Waals surface area contributed by atoms with E-state index in [9.17, 15) is 8.78 Å². The van der Waals surface area contributed by atoms with E-state index in [0.29, 0.717) is 6.54 Å². The maximum Gasteiger partial charge on any atom is 0.251 e. The summed E-state index contributed by atoms with van der Waals surface area (Å²) in [5.74, 6) is -2.45. The molecule has 0 atom stereocenters. The number of pyridine rings is 1. The summed E-state index contributed by atoms with van der Waals surface area (Å²) in [4.78, 5) is 3.99. The molecule has 0 amide bonds. The van der Waals surface area contributed by atoms with Gasteiger partial charge in [-0.15, -0.1) is 0 Å². The van der Waals surface area contributed by atoms with Gasteiger partial charge in [-0.25, -0.2) is 13.8 Å². The van der Waals surface area contributed by atoms with Crippen LogP contribution in [0.1, 0.15) is 18.4 Å². The summed E-state index contributed by atoms with van der Waals surface area (Å²) in [7, 11) is 0. The maximum absolute atomic E-state index is 12.5. The summed E-state index contributed by atoms with van der Waals surface area (Å²) in [6, 6.07) is 3.70. The van der Waals surface area contributed by atoms with E-state index in [4.69, 9.17) is 0 Å². The smallest absolute Gasteiger partial charge is 0.251 e. The van der Waals surface area contributed by atoms with Gasteiger partial charge in [0.05, 0.1) is 0 Å². The highest BCUT2D eigenvalue weighted by Gasteiger charge is 2.44. The molecular weight excluding hydrogens is 266 g/mol. The molecule has 2 rings (SSSR count). The Kier molecular flexibility index (Phi) is 3.02. The van der Waals surface area contributed by atoms with Crippen molar-refractivity contribution in [3.05, 3.63) is 28.5 Å². The van der Waals surface area contributed by atoms with E-state index in [1.54, 1.807) is 6.20 Å². The van der Waals surface area contributed by atoms with Crippen molar-refractivity contribution < 1.29 is 8.78 Å². The fraction of sp³-hybridized carbons (Fsp3) is 0.500. The second-order valence-electron chi connectivity index (χ2n) is 3.83. The normalized spacial score (nSPS) is 19.9.